The Hall–Kier alpha value is -1.28. The number of benzene rings is 1. The molecule has 1 heterocycles. The molecule has 2 nitrogen and oxygen atoms in total. The monoisotopic (exact) mass is 214 g/mol. The third kappa shape index (κ3) is 1.37. The minimum absolute atomic E-state index is 0.426. The molecule has 0 radical (unpaired) electrons. The second-order valence-corrected chi connectivity index (χ2v) is 5.11. The summed E-state index contributed by atoms with van der Waals surface area (Å²) in [7, 11) is 0. The van der Waals surface area contributed by atoms with E-state index in [1.165, 1.54) is 27.7 Å². The lowest BCUT2D eigenvalue weighted by Crippen LogP contribution is -2.34. The highest BCUT2D eigenvalue weighted by Crippen LogP contribution is 2.37. The van der Waals surface area contributed by atoms with Crippen molar-refractivity contribution in [2.24, 2.45) is 5.73 Å². The van der Waals surface area contributed by atoms with Crippen LogP contribution in [0.4, 0.5) is 0 Å². The Labute approximate surface area is 95.8 Å². The molecule has 2 heteroatoms. The first-order valence-electron chi connectivity index (χ1n) is 5.99. The molecule has 0 aliphatic heterocycles. The van der Waals surface area contributed by atoms with Gasteiger partial charge in [-0.25, -0.2) is 0 Å². The summed E-state index contributed by atoms with van der Waals surface area (Å²) in [5.74, 6) is 0.689. The van der Waals surface area contributed by atoms with Crippen LogP contribution in [0.15, 0.2) is 18.2 Å². The standard InChI is InChI=1S/C14H18N2/c1-8-9(2)16-14-4-3-10(7-13(8)14)11-5-12(15)6-11/h3-4,7,11-12,16H,5-6,15H2,1-2H3. The maximum Gasteiger partial charge on any atom is 0.0458 e. The lowest BCUT2D eigenvalue weighted by atomic mass is 9.76. The molecule has 16 heavy (non-hydrogen) atoms. The minimum Gasteiger partial charge on any atom is -0.358 e. The number of hydrogen-bond donors (Lipinski definition) is 2. The Morgan fingerprint density at radius 3 is 2.69 bits per heavy atom. The van der Waals surface area contributed by atoms with Crippen molar-refractivity contribution >= 4 is 10.9 Å². The SMILES string of the molecule is Cc1[nH]c2ccc(C3CC(N)C3)cc2c1C. The number of H-pyrrole nitrogens is 1. The number of hydrogen-bond acceptors (Lipinski definition) is 1. The number of aryl methyl sites for hydroxylation is 2. The summed E-state index contributed by atoms with van der Waals surface area (Å²) in [5, 5.41) is 1.37. The molecule has 0 amide bonds. The Bertz CT molecular complexity index is 533. The van der Waals surface area contributed by atoms with E-state index in [1.807, 2.05) is 0 Å². The van der Waals surface area contributed by atoms with Gasteiger partial charge in [0, 0.05) is 22.6 Å². The molecule has 1 aromatic heterocycles. The summed E-state index contributed by atoms with van der Waals surface area (Å²) in [6, 6.07) is 7.21. The largest absolute Gasteiger partial charge is 0.358 e. The molecule has 1 aliphatic rings. The summed E-state index contributed by atoms with van der Waals surface area (Å²) in [6.07, 6.45) is 2.29. The van der Waals surface area contributed by atoms with Crippen molar-refractivity contribution in [2.45, 2.75) is 38.6 Å². The molecule has 3 rings (SSSR count). The topological polar surface area (TPSA) is 41.8 Å². The molecule has 0 atom stereocenters. The van der Waals surface area contributed by atoms with E-state index in [9.17, 15) is 0 Å². The summed E-state index contributed by atoms with van der Waals surface area (Å²) in [5.41, 5.74) is 11.2. The second kappa shape index (κ2) is 3.36. The summed E-state index contributed by atoms with van der Waals surface area (Å²) in [6.45, 7) is 4.32. The Morgan fingerprint density at radius 1 is 1.25 bits per heavy atom. The maximum absolute atomic E-state index is 5.85. The van der Waals surface area contributed by atoms with Gasteiger partial charge in [0.05, 0.1) is 0 Å². The van der Waals surface area contributed by atoms with Crippen molar-refractivity contribution in [1.29, 1.82) is 0 Å². The quantitative estimate of drug-likeness (QED) is 0.753. The molecule has 0 spiro atoms. The molecule has 0 saturated heterocycles. The summed E-state index contributed by atoms with van der Waals surface area (Å²) < 4.78 is 0. The predicted molar refractivity (Wildman–Crippen MR) is 67.7 cm³/mol. The van der Waals surface area contributed by atoms with Crippen LogP contribution in [0.1, 0.15) is 35.6 Å². The maximum atomic E-state index is 5.85. The molecule has 1 fully saturated rings. The van der Waals surface area contributed by atoms with Gasteiger partial charge >= 0.3 is 0 Å². The van der Waals surface area contributed by atoms with Crippen molar-refractivity contribution < 1.29 is 0 Å². The van der Waals surface area contributed by atoms with Crippen LogP contribution in [0.3, 0.4) is 0 Å². The summed E-state index contributed by atoms with van der Waals surface area (Å²) >= 11 is 0. The van der Waals surface area contributed by atoms with Gasteiger partial charge in [-0.15, -0.1) is 0 Å². The Kier molecular flexibility index (Phi) is 2.08. The van der Waals surface area contributed by atoms with E-state index >= 15 is 0 Å². The number of nitrogens with two attached hydrogens (primary N) is 1. The van der Waals surface area contributed by atoms with Crippen molar-refractivity contribution in [3.63, 3.8) is 0 Å². The van der Waals surface area contributed by atoms with Crippen molar-refractivity contribution in [2.75, 3.05) is 0 Å². The van der Waals surface area contributed by atoms with E-state index in [-0.39, 0.29) is 0 Å². The van der Waals surface area contributed by atoms with Crippen LogP contribution in [0.5, 0.6) is 0 Å². The molecule has 1 aromatic carbocycles. The van der Waals surface area contributed by atoms with Gasteiger partial charge < -0.3 is 10.7 Å². The number of nitrogens with one attached hydrogen (secondary N) is 1. The van der Waals surface area contributed by atoms with Crippen LogP contribution < -0.4 is 5.73 Å². The van der Waals surface area contributed by atoms with E-state index < -0.39 is 0 Å². The van der Waals surface area contributed by atoms with Gasteiger partial charge in [-0.05, 0) is 55.9 Å². The van der Waals surface area contributed by atoms with Gasteiger partial charge in [-0.2, -0.15) is 0 Å². The normalized spacial score (nSPS) is 24.7. The molecular weight excluding hydrogens is 196 g/mol. The fourth-order valence-electron chi connectivity index (χ4n) is 2.67. The Balaban J connectivity index is 2.05. The number of aromatic amines is 1. The van der Waals surface area contributed by atoms with Crippen LogP contribution in [-0.4, -0.2) is 11.0 Å². The van der Waals surface area contributed by atoms with Crippen LogP contribution in [0.25, 0.3) is 10.9 Å². The number of fused-ring (bicyclic) bond motifs is 1. The van der Waals surface area contributed by atoms with Gasteiger partial charge in [0.25, 0.3) is 0 Å². The highest BCUT2D eigenvalue weighted by atomic mass is 14.7. The third-order valence-corrected chi connectivity index (χ3v) is 3.98. The van der Waals surface area contributed by atoms with Gasteiger partial charge in [0.2, 0.25) is 0 Å². The fourth-order valence-corrected chi connectivity index (χ4v) is 2.67. The second-order valence-electron chi connectivity index (χ2n) is 5.11. The van der Waals surface area contributed by atoms with Crippen molar-refractivity contribution in [3.8, 4) is 0 Å². The first-order chi connectivity index (χ1) is 7.65. The van der Waals surface area contributed by atoms with E-state index in [2.05, 4.69) is 37.0 Å². The van der Waals surface area contributed by atoms with Gasteiger partial charge in [0.15, 0.2) is 0 Å². The minimum atomic E-state index is 0.426. The van der Waals surface area contributed by atoms with Crippen molar-refractivity contribution in [3.05, 3.63) is 35.0 Å². The zero-order chi connectivity index (χ0) is 11.3. The lowest BCUT2D eigenvalue weighted by Gasteiger charge is -2.32. The molecule has 2 aromatic rings. The van der Waals surface area contributed by atoms with E-state index in [0.717, 1.165) is 12.8 Å². The van der Waals surface area contributed by atoms with Crippen LogP contribution in [0.2, 0.25) is 0 Å². The zero-order valence-corrected chi connectivity index (χ0v) is 9.88. The molecule has 0 unspecified atom stereocenters. The molecule has 84 valence electrons. The van der Waals surface area contributed by atoms with Gasteiger partial charge in [-0.1, -0.05) is 6.07 Å². The molecular formula is C14H18N2. The number of aromatic nitrogens is 1. The summed E-state index contributed by atoms with van der Waals surface area (Å²) in [4.78, 5) is 3.41. The molecule has 1 saturated carbocycles. The van der Waals surface area contributed by atoms with Crippen LogP contribution in [-0.2, 0) is 0 Å². The zero-order valence-electron chi connectivity index (χ0n) is 9.88. The third-order valence-electron chi connectivity index (χ3n) is 3.98. The first kappa shape index (κ1) is 9.91. The van der Waals surface area contributed by atoms with E-state index in [4.69, 9.17) is 5.73 Å². The van der Waals surface area contributed by atoms with Crippen LogP contribution in [0, 0.1) is 13.8 Å². The average molecular weight is 214 g/mol. The highest BCUT2D eigenvalue weighted by molar-refractivity contribution is 5.85. The van der Waals surface area contributed by atoms with Crippen molar-refractivity contribution in [1.82, 2.24) is 4.98 Å². The lowest BCUT2D eigenvalue weighted by molar-refractivity contribution is 0.352. The fraction of sp³-hybridized carbons (Fsp3) is 0.429. The molecule has 3 N–H and O–H groups in total. The van der Waals surface area contributed by atoms with Gasteiger partial charge in [0.1, 0.15) is 0 Å². The highest BCUT2D eigenvalue weighted by Gasteiger charge is 2.27. The molecule has 0 bridgehead atoms. The van der Waals surface area contributed by atoms with Gasteiger partial charge in [-0.3, -0.25) is 0 Å². The average Bonchev–Trinajstić information content (AvgIpc) is 2.51. The van der Waals surface area contributed by atoms with Crippen LogP contribution >= 0.6 is 0 Å². The smallest absolute Gasteiger partial charge is 0.0458 e. The Morgan fingerprint density at radius 2 is 2.00 bits per heavy atom. The van der Waals surface area contributed by atoms with E-state index in [0.29, 0.717) is 12.0 Å². The molecule has 1 aliphatic carbocycles. The van der Waals surface area contributed by atoms with E-state index in [1.54, 1.807) is 0 Å². The number of rotatable bonds is 1. The first-order valence-corrected chi connectivity index (χ1v) is 5.99. The predicted octanol–water partition coefficient (Wildman–Crippen LogP) is 2.99.